The van der Waals surface area contributed by atoms with Gasteiger partial charge in [-0.3, -0.25) is 4.79 Å². The summed E-state index contributed by atoms with van der Waals surface area (Å²) in [6.07, 6.45) is 7.97. The predicted molar refractivity (Wildman–Crippen MR) is 123 cm³/mol. The lowest BCUT2D eigenvalue weighted by Gasteiger charge is -2.27. The molecule has 0 fully saturated rings. The minimum atomic E-state index is 0.0245. The Balaban J connectivity index is 1.38. The Kier molecular flexibility index (Phi) is 7.55. The zero-order valence-corrected chi connectivity index (χ0v) is 19.4. The van der Waals surface area contributed by atoms with E-state index in [-0.39, 0.29) is 18.3 Å². The lowest BCUT2D eigenvalue weighted by atomic mass is 10.0. The van der Waals surface area contributed by atoms with E-state index in [1.165, 1.54) is 18.2 Å². The van der Waals surface area contributed by atoms with Crippen molar-refractivity contribution in [3.05, 3.63) is 71.0 Å². The van der Waals surface area contributed by atoms with E-state index >= 15 is 0 Å². The summed E-state index contributed by atoms with van der Waals surface area (Å²) >= 11 is 7.50. The van der Waals surface area contributed by atoms with Gasteiger partial charge in [0.15, 0.2) is 11.0 Å². The highest BCUT2D eigenvalue weighted by Gasteiger charge is 2.22. The Morgan fingerprint density at radius 1 is 1.25 bits per heavy atom. The fourth-order valence-electron chi connectivity index (χ4n) is 3.48. The molecule has 1 aromatic carbocycles. The number of furan rings is 1. The Morgan fingerprint density at radius 2 is 2.12 bits per heavy atom. The molecule has 2 aromatic heterocycles. The molecule has 9 heteroatoms. The molecule has 7 nitrogen and oxygen atoms in total. The van der Waals surface area contributed by atoms with Gasteiger partial charge in [0.2, 0.25) is 5.91 Å². The number of carbonyl (C=O) groups excluding carboxylic acids is 1. The number of aromatic nitrogens is 3. The third-order valence-electron chi connectivity index (χ3n) is 5.25. The van der Waals surface area contributed by atoms with Crippen LogP contribution in [0.3, 0.4) is 0 Å². The van der Waals surface area contributed by atoms with Crippen molar-refractivity contribution in [3.8, 4) is 5.75 Å². The number of benzene rings is 1. The van der Waals surface area contributed by atoms with Crippen LogP contribution in [-0.4, -0.2) is 31.3 Å². The van der Waals surface area contributed by atoms with Crippen molar-refractivity contribution in [2.75, 3.05) is 5.75 Å². The molecule has 168 valence electrons. The molecule has 0 N–H and O–H groups in total. The average Bonchev–Trinajstić information content (AvgIpc) is 3.46. The number of carbonyl (C=O) groups is 1. The summed E-state index contributed by atoms with van der Waals surface area (Å²) in [5, 5.41) is 9.64. The number of amides is 1. The molecule has 0 saturated carbocycles. The van der Waals surface area contributed by atoms with Gasteiger partial charge < -0.3 is 18.6 Å². The number of ether oxygens (including phenoxy) is 1. The van der Waals surface area contributed by atoms with Crippen molar-refractivity contribution >= 4 is 29.3 Å². The zero-order valence-electron chi connectivity index (χ0n) is 17.9. The highest BCUT2D eigenvalue weighted by atomic mass is 35.5. The first-order chi connectivity index (χ1) is 15.6. The number of thioether (sulfide) groups is 1. The molecule has 0 radical (unpaired) electrons. The first-order valence-corrected chi connectivity index (χ1v) is 11.9. The van der Waals surface area contributed by atoms with Gasteiger partial charge in [-0.25, -0.2) is 0 Å². The van der Waals surface area contributed by atoms with E-state index in [1.54, 1.807) is 18.4 Å². The van der Waals surface area contributed by atoms with Crippen LogP contribution in [-0.2, 0) is 25.0 Å². The second-order valence-corrected chi connectivity index (χ2v) is 8.82. The van der Waals surface area contributed by atoms with Crippen LogP contribution < -0.4 is 4.74 Å². The number of rotatable bonds is 9. The molecule has 32 heavy (non-hydrogen) atoms. The van der Waals surface area contributed by atoms with Gasteiger partial charge in [0.05, 0.1) is 23.6 Å². The number of para-hydroxylation sites is 1. The van der Waals surface area contributed by atoms with Crippen LogP contribution in [0.1, 0.15) is 37.3 Å². The highest BCUT2D eigenvalue weighted by Crippen LogP contribution is 2.26. The van der Waals surface area contributed by atoms with Crippen molar-refractivity contribution in [3.63, 3.8) is 0 Å². The van der Waals surface area contributed by atoms with Crippen LogP contribution in [0.5, 0.6) is 5.75 Å². The highest BCUT2D eigenvalue weighted by molar-refractivity contribution is 7.99. The number of nitrogens with zero attached hydrogens (tertiary/aromatic N) is 4. The van der Waals surface area contributed by atoms with Gasteiger partial charge in [-0.2, -0.15) is 0 Å². The SMILES string of the molecule is Cn1c(COc2ccccc2Cl)nnc1SCC(=O)N(Cc1ccco1)C1=CCCCC1. The van der Waals surface area contributed by atoms with Crippen LogP contribution in [0, 0.1) is 0 Å². The molecule has 1 amide bonds. The van der Waals surface area contributed by atoms with E-state index in [0.717, 1.165) is 30.7 Å². The number of allylic oxidation sites excluding steroid dienone is 2. The molecule has 0 unspecified atom stereocenters. The van der Waals surface area contributed by atoms with Crippen LogP contribution >= 0.6 is 23.4 Å². The third kappa shape index (κ3) is 5.55. The largest absolute Gasteiger partial charge is 0.484 e. The first-order valence-electron chi connectivity index (χ1n) is 10.5. The summed E-state index contributed by atoms with van der Waals surface area (Å²) in [5.74, 6) is 2.30. The number of hydrogen-bond acceptors (Lipinski definition) is 6. The molecule has 2 heterocycles. The number of hydrogen-bond donors (Lipinski definition) is 0. The fraction of sp³-hybridized carbons (Fsp3) is 0.348. The fourth-order valence-corrected chi connectivity index (χ4v) is 4.48. The van der Waals surface area contributed by atoms with Gasteiger partial charge in [0.1, 0.15) is 18.1 Å². The Bertz CT molecular complexity index is 1080. The van der Waals surface area contributed by atoms with Gasteiger partial charge in [0, 0.05) is 12.7 Å². The average molecular weight is 473 g/mol. The first kappa shape index (κ1) is 22.5. The molecule has 0 bridgehead atoms. The second kappa shape index (κ2) is 10.7. The van der Waals surface area contributed by atoms with E-state index in [2.05, 4.69) is 16.3 Å². The lowest BCUT2D eigenvalue weighted by molar-refractivity contribution is -0.127. The molecular weight excluding hydrogens is 448 g/mol. The maximum atomic E-state index is 13.1. The summed E-state index contributed by atoms with van der Waals surface area (Å²) in [6, 6.07) is 11.0. The zero-order chi connectivity index (χ0) is 22.3. The van der Waals surface area contributed by atoms with Crippen molar-refractivity contribution in [1.82, 2.24) is 19.7 Å². The van der Waals surface area contributed by atoms with Crippen molar-refractivity contribution in [1.29, 1.82) is 0 Å². The van der Waals surface area contributed by atoms with E-state index in [0.29, 0.717) is 28.3 Å². The normalized spacial score (nSPS) is 13.6. The van der Waals surface area contributed by atoms with Crippen molar-refractivity contribution in [2.24, 2.45) is 7.05 Å². The molecule has 0 saturated heterocycles. The Hall–Kier alpha value is -2.71. The molecule has 3 aromatic rings. The van der Waals surface area contributed by atoms with Gasteiger partial charge in [-0.05, 0) is 49.9 Å². The summed E-state index contributed by atoms with van der Waals surface area (Å²) in [6.45, 7) is 0.674. The quantitative estimate of drug-likeness (QED) is 0.397. The maximum absolute atomic E-state index is 13.1. The van der Waals surface area contributed by atoms with E-state index < -0.39 is 0 Å². The summed E-state index contributed by atoms with van der Waals surface area (Å²) < 4.78 is 13.1. The van der Waals surface area contributed by atoms with Gasteiger partial charge in [0.25, 0.3) is 0 Å². The van der Waals surface area contributed by atoms with Gasteiger partial charge in [-0.15, -0.1) is 10.2 Å². The summed E-state index contributed by atoms with van der Waals surface area (Å²) in [5.41, 5.74) is 1.07. The Morgan fingerprint density at radius 3 is 2.88 bits per heavy atom. The molecule has 1 aliphatic carbocycles. The predicted octanol–water partition coefficient (Wildman–Crippen LogP) is 5.22. The van der Waals surface area contributed by atoms with Crippen LogP contribution in [0.4, 0.5) is 0 Å². The topological polar surface area (TPSA) is 73.4 Å². The minimum absolute atomic E-state index is 0.0245. The second-order valence-electron chi connectivity index (χ2n) is 7.47. The molecule has 0 spiro atoms. The third-order valence-corrected chi connectivity index (χ3v) is 6.57. The number of halogens is 1. The van der Waals surface area contributed by atoms with Crippen LogP contribution in [0.25, 0.3) is 0 Å². The lowest BCUT2D eigenvalue weighted by Crippen LogP contribution is -2.32. The van der Waals surface area contributed by atoms with Crippen LogP contribution in [0.15, 0.2) is 64.0 Å². The Labute approximate surface area is 196 Å². The summed E-state index contributed by atoms with van der Waals surface area (Å²) in [4.78, 5) is 15.0. The van der Waals surface area contributed by atoms with Gasteiger partial charge in [-0.1, -0.05) is 41.6 Å². The standard InChI is InChI=1S/C23H25ClN4O3S/c1-27-21(15-31-20-12-6-5-11-19(20)24)25-26-23(27)32-16-22(29)28(14-18-10-7-13-30-18)17-8-3-2-4-9-17/h5-8,10-13H,2-4,9,14-16H2,1H3. The smallest absolute Gasteiger partial charge is 0.237 e. The molecule has 1 aliphatic rings. The van der Waals surface area contributed by atoms with E-state index in [1.807, 2.05) is 40.8 Å². The van der Waals surface area contributed by atoms with Crippen LogP contribution in [0.2, 0.25) is 5.02 Å². The van der Waals surface area contributed by atoms with Crippen molar-refractivity contribution in [2.45, 2.75) is 44.0 Å². The van der Waals surface area contributed by atoms with E-state index in [9.17, 15) is 4.79 Å². The summed E-state index contributed by atoms with van der Waals surface area (Å²) in [7, 11) is 1.86. The molecular formula is C23H25ClN4O3S. The maximum Gasteiger partial charge on any atom is 0.237 e. The molecule has 0 atom stereocenters. The molecule has 4 rings (SSSR count). The monoisotopic (exact) mass is 472 g/mol. The van der Waals surface area contributed by atoms with Crippen molar-refractivity contribution < 1.29 is 13.9 Å². The van der Waals surface area contributed by atoms with E-state index in [4.69, 9.17) is 20.8 Å². The van der Waals surface area contributed by atoms with Gasteiger partial charge >= 0.3 is 0 Å². The minimum Gasteiger partial charge on any atom is -0.484 e. The molecule has 0 aliphatic heterocycles.